The first kappa shape index (κ1) is 17.0. The van der Waals surface area contributed by atoms with Crippen molar-refractivity contribution in [3.63, 3.8) is 0 Å². The van der Waals surface area contributed by atoms with Crippen LogP contribution in [0.5, 0.6) is 0 Å². The fourth-order valence-electron chi connectivity index (χ4n) is 2.40. The van der Waals surface area contributed by atoms with Crippen LogP contribution in [-0.2, 0) is 18.3 Å². The molecule has 23 heavy (non-hydrogen) atoms. The maximum Gasteiger partial charge on any atom is 0.226 e. The lowest BCUT2D eigenvalue weighted by molar-refractivity contribution is -0.121. The van der Waals surface area contributed by atoms with Crippen molar-refractivity contribution in [2.45, 2.75) is 39.7 Å². The Bertz CT molecular complexity index is 699. The van der Waals surface area contributed by atoms with Crippen LogP contribution in [0.1, 0.15) is 47.6 Å². The maximum absolute atomic E-state index is 12.6. The van der Waals surface area contributed by atoms with Crippen molar-refractivity contribution < 1.29 is 9.59 Å². The molecule has 2 aromatic rings. The fourth-order valence-corrected chi connectivity index (χ4v) is 2.40. The molecule has 0 fully saturated rings. The number of aryl methyl sites for hydroxylation is 1. The van der Waals surface area contributed by atoms with Crippen molar-refractivity contribution >= 4 is 11.7 Å². The Balaban J connectivity index is 2.14. The lowest BCUT2D eigenvalue weighted by Gasteiger charge is -2.12. The largest absolute Gasteiger partial charge is 0.353 e. The second-order valence-electron chi connectivity index (χ2n) is 6.02. The summed E-state index contributed by atoms with van der Waals surface area (Å²) in [7, 11) is 1.83. The number of hydrogen-bond acceptors (Lipinski definition) is 2. The van der Waals surface area contributed by atoms with E-state index in [4.69, 9.17) is 0 Å². The van der Waals surface area contributed by atoms with Gasteiger partial charge in [-0.1, -0.05) is 36.8 Å². The average molecular weight is 312 g/mol. The third-order valence-corrected chi connectivity index (χ3v) is 4.13. The normalized spacial score (nSPS) is 12.0. The summed E-state index contributed by atoms with van der Waals surface area (Å²) in [6.45, 7) is 6.01. The molecule has 1 atom stereocenters. The SMILES string of the molecule is CCC(C)NC(=O)Cc1ccc(C(=O)c2ccc(C)cc2)n1C. The van der Waals surface area contributed by atoms with E-state index in [1.54, 1.807) is 10.6 Å². The van der Waals surface area contributed by atoms with Crippen molar-refractivity contribution in [2.75, 3.05) is 0 Å². The van der Waals surface area contributed by atoms with E-state index >= 15 is 0 Å². The summed E-state index contributed by atoms with van der Waals surface area (Å²) in [5.41, 5.74) is 3.21. The van der Waals surface area contributed by atoms with E-state index < -0.39 is 0 Å². The minimum atomic E-state index is -0.0268. The van der Waals surface area contributed by atoms with E-state index in [1.807, 2.05) is 58.2 Å². The van der Waals surface area contributed by atoms with Crippen molar-refractivity contribution in [2.24, 2.45) is 7.05 Å². The smallest absolute Gasteiger partial charge is 0.226 e. The molecule has 1 unspecified atom stereocenters. The molecule has 0 aliphatic rings. The summed E-state index contributed by atoms with van der Waals surface area (Å²) in [6.07, 6.45) is 1.18. The quantitative estimate of drug-likeness (QED) is 0.834. The van der Waals surface area contributed by atoms with Gasteiger partial charge < -0.3 is 9.88 Å². The van der Waals surface area contributed by atoms with Gasteiger partial charge in [0, 0.05) is 24.3 Å². The van der Waals surface area contributed by atoms with Crippen LogP contribution >= 0.6 is 0 Å². The van der Waals surface area contributed by atoms with Gasteiger partial charge in [0.1, 0.15) is 0 Å². The van der Waals surface area contributed by atoms with Gasteiger partial charge >= 0.3 is 0 Å². The van der Waals surface area contributed by atoms with Crippen molar-refractivity contribution in [3.8, 4) is 0 Å². The molecule has 122 valence electrons. The Morgan fingerprint density at radius 1 is 1.13 bits per heavy atom. The van der Waals surface area contributed by atoms with Gasteiger partial charge in [-0.25, -0.2) is 0 Å². The molecule has 4 heteroatoms. The van der Waals surface area contributed by atoms with E-state index in [2.05, 4.69) is 5.32 Å². The minimum Gasteiger partial charge on any atom is -0.353 e. The molecule has 0 saturated heterocycles. The number of carbonyl (C=O) groups excluding carboxylic acids is 2. The number of hydrogen-bond donors (Lipinski definition) is 1. The second kappa shape index (κ2) is 7.27. The lowest BCUT2D eigenvalue weighted by Crippen LogP contribution is -2.33. The molecular formula is C19H24N2O2. The first-order valence-electron chi connectivity index (χ1n) is 7.97. The minimum absolute atomic E-state index is 0.0186. The predicted molar refractivity (Wildman–Crippen MR) is 91.6 cm³/mol. The number of amides is 1. The standard InChI is InChI=1S/C19H24N2O2/c1-5-14(3)20-18(22)12-16-10-11-17(21(16)4)19(23)15-8-6-13(2)7-9-15/h6-11,14H,5,12H2,1-4H3,(H,20,22). The van der Waals surface area contributed by atoms with Crippen LogP contribution in [-0.4, -0.2) is 22.3 Å². The molecule has 0 spiro atoms. The highest BCUT2D eigenvalue weighted by Crippen LogP contribution is 2.14. The van der Waals surface area contributed by atoms with Gasteiger partial charge in [0.05, 0.1) is 12.1 Å². The molecule has 2 rings (SSSR count). The zero-order chi connectivity index (χ0) is 17.0. The van der Waals surface area contributed by atoms with Gasteiger partial charge in [-0.2, -0.15) is 0 Å². The number of benzene rings is 1. The predicted octanol–water partition coefficient (Wildman–Crippen LogP) is 3.02. The summed E-state index contributed by atoms with van der Waals surface area (Å²) >= 11 is 0. The van der Waals surface area contributed by atoms with Gasteiger partial charge in [-0.15, -0.1) is 0 Å². The Morgan fingerprint density at radius 2 is 1.78 bits per heavy atom. The third kappa shape index (κ3) is 4.09. The summed E-state index contributed by atoms with van der Waals surface area (Å²) in [5, 5.41) is 2.94. The van der Waals surface area contributed by atoms with Crippen molar-refractivity contribution in [1.29, 1.82) is 0 Å². The van der Waals surface area contributed by atoms with E-state index in [1.165, 1.54) is 0 Å². The number of ketones is 1. The average Bonchev–Trinajstić information content (AvgIpc) is 2.88. The molecule has 0 radical (unpaired) electrons. The Kier molecular flexibility index (Phi) is 5.37. The first-order chi connectivity index (χ1) is 10.9. The number of rotatable bonds is 6. The van der Waals surface area contributed by atoms with Crippen molar-refractivity contribution in [1.82, 2.24) is 9.88 Å². The van der Waals surface area contributed by atoms with Gasteiger partial charge in [0.15, 0.2) is 0 Å². The molecule has 1 aromatic heterocycles. The molecule has 0 aliphatic carbocycles. The monoisotopic (exact) mass is 312 g/mol. The fraction of sp³-hybridized carbons (Fsp3) is 0.368. The highest BCUT2D eigenvalue weighted by Gasteiger charge is 2.16. The summed E-state index contributed by atoms with van der Waals surface area (Å²) in [6, 6.07) is 11.3. The lowest BCUT2D eigenvalue weighted by atomic mass is 10.1. The zero-order valence-corrected chi connectivity index (χ0v) is 14.2. The number of nitrogens with one attached hydrogen (secondary N) is 1. The number of nitrogens with zero attached hydrogens (tertiary/aromatic N) is 1. The summed E-state index contributed by atoms with van der Waals surface area (Å²) < 4.78 is 1.80. The summed E-state index contributed by atoms with van der Waals surface area (Å²) in [5.74, 6) is -0.0454. The Labute approximate surface area is 137 Å². The first-order valence-corrected chi connectivity index (χ1v) is 7.97. The van der Waals surface area contributed by atoms with Crippen LogP contribution in [0.4, 0.5) is 0 Å². The second-order valence-corrected chi connectivity index (χ2v) is 6.02. The molecule has 0 aliphatic heterocycles. The van der Waals surface area contributed by atoms with E-state index in [-0.39, 0.29) is 24.2 Å². The van der Waals surface area contributed by atoms with E-state index in [0.29, 0.717) is 11.3 Å². The van der Waals surface area contributed by atoms with Crippen LogP contribution in [0, 0.1) is 6.92 Å². The summed E-state index contributed by atoms with van der Waals surface area (Å²) in [4.78, 5) is 24.6. The molecule has 1 amide bonds. The van der Waals surface area contributed by atoms with Crippen LogP contribution in [0.2, 0.25) is 0 Å². The molecule has 1 aromatic carbocycles. The highest BCUT2D eigenvalue weighted by atomic mass is 16.1. The van der Waals surface area contributed by atoms with Gasteiger partial charge in [-0.3, -0.25) is 9.59 Å². The van der Waals surface area contributed by atoms with Crippen LogP contribution in [0.15, 0.2) is 36.4 Å². The molecule has 4 nitrogen and oxygen atoms in total. The van der Waals surface area contributed by atoms with E-state index in [0.717, 1.165) is 17.7 Å². The maximum atomic E-state index is 12.6. The molecule has 0 saturated carbocycles. The Morgan fingerprint density at radius 3 is 2.39 bits per heavy atom. The number of carbonyl (C=O) groups is 2. The van der Waals surface area contributed by atoms with Crippen LogP contribution in [0.25, 0.3) is 0 Å². The van der Waals surface area contributed by atoms with Gasteiger partial charge in [0.2, 0.25) is 11.7 Å². The van der Waals surface area contributed by atoms with Gasteiger partial charge in [-0.05, 0) is 32.4 Å². The topological polar surface area (TPSA) is 51.1 Å². The highest BCUT2D eigenvalue weighted by molar-refractivity contribution is 6.08. The van der Waals surface area contributed by atoms with Crippen molar-refractivity contribution in [3.05, 3.63) is 58.9 Å². The Hall–Kier alpha value is -2.36. The molecule has 1 heterocycles. The number of aromatic nitrogens is 1. The van der Waals surface area contributed by atoms with Crippen LogP contribution in [0.3, 0.4) is 0 Å². The third-order valence-electron chi connectivity index (χ3n) is 4.13. The molecule has 0 bridgehead atoms. The van der Waals surface area contributed by atoms with E-state index in [9.17, 15) is 9.59 Å². The zero-order valence-electron chi connectivity index (χ0n) is 14.2. The van der Waals surface area contributed by atoms with Gasteiger partial charge in [0.25, 0.3) is 0 Å². The van der Waals surface area contributed by atoms with Crippen LogP contribution < -0.4 is 5.32 Å². The molecular weight excluding hydrogens is 288 g/mol. The molecule has 1 N–H and O–H groups in total.